The van der Waals surface area contributed by atoms with Crippen LogP contribution in [0, 0.1) is 0 Å². The molecule has 0 saturated heterocycles. The first kappa shape index (κ1) is 16.7. The van der Waals surface area contributed by atoms with Gasteiger partial charge in [0.15, 0.2) is 11.5 Å². The Hall–Kier alpha value is -2.63. The van der Waals surface area contributed by atoms with Crippen molar-refractivity contribution in [2.45, 2.75) is 13.0 Å². The second kappa shape index (κ2) is 8.12. The Morgan fingerprint density at radius 2 is 1.87 bits per heavy atom. The molecule has 0 saturated carbocycles. The van der Waals surface area contributed by atoms with E-state index in [2.05, 4.69) is 10.1 Å². The van der Waals surface area contributed by atoms with Crippen LogP contribution >= 0.6 is 0 Å². The zero-order chi connectivity index (χ0) is 16.7. The van der Waals surface area contributed by atoms with E-state index in [0.717, 1.165) is 5.56 Å². The van der Waals surface area contributed by atoms with Gasteiger partial charge in [-0.25, -0.2) is 0 Å². The molecule has 23 heavy (non-hydrogen) atoms. The van der Waals surface area contributed by atoms with Gasteiger partial charge in [0.25, 0.3) is 5.91 Å². The van der Waals surface area contributed by atoms with Gasteiger partial charge in [0.2, 0.25) is 0 Å². The largest absolute Gasteiger partial charge is 0.493 e. The molecule has 0 fully saturated rings. The van der Waals surface area contributed by atoms with Crippen LogP contribution in [0.1, 0.15) is 15.9 Å². The average molecular weight is 321 g/mol. The van der Waals surface area contributed by atoms with Gasteiger partial charge in [-0.1, -0.05) is 24.3 Å². The van der Waals surface area contributed by atoms with E-state index in [-0.39, 0.29) is 17.4 Å². The molecule has 0 radical (unpaired) electrons. The third-order valence-corrected chi connectivity index (χ3v) is 3.18. The number of carbonyl (C=O) groups excluding carboxylic acids is 1. The zero-order valence-electron chi connectivity index (χ0n) is 12.6. The number of hydrogen-bond acceptors (Lipinski definition) is 3. The molecule has 0 aliphatic heterocycles. The maximum absolute atomic E-state index is 12.3. The van der Waals surface area contributed by atoms with Crippen LogP contribution in [0.5, 0.6) is 11.5 Å². The van der Waals surface area contributed by atoms with E-state index in [1.807, 2.05) is 6.07 Å². The minimum Gasteiger partial charge on any atom is -0.493 e. The van der Waals surface area contributed by atoms with Crippen LogP contribution in [-0.4, -0.2) is 26.2 Å². The predicted octanol–water partition coefficient (Wildman–Crippen LogP) is 3.27. The van der Waals surface area contributed by atoms with Crippen molar-refractivity contribution in [1.82, 2.24) is 5.32 Å². The first-order valence-corrected chi connectivity index (χ1v) is 7.05. The normalized spacial score (nSPS) is 10.4. The molecule has 2 rings (SSSR count). The molecule has 2 aromatic carbocycles. The van der Waals surface area contributed by atoms with Crippen LogP contribution in [0.4, 0.5) is 8.78 Å². The summed E-state index contributed by atoms with van der Waals surface area (Å²) in [7, 11) is 1.38. The van der Waals surface area contributed by atoms with Crippen LogP contribution in [0.15, 0.2) is 48.5 Å². The van der Waals surface area contributed by atoms with Crippen LogP contribution in [0.2, 0.25) is 0 Å². The van der Waals surface area contributed by atoms with E-state index >= 15 is 0 Å². The Morgan fingerprint density at radius 1 is 1.13 bits per heavy atom. The minimum atomic E-state index is -2.90. The summed E-state index contributed by atoms with van der Waals surface area (Å²) in [5, 5.41) is 2.80. The predicted molar refractivity (Wildman–Crippen MR) is 82.1 cm³/mol. The molecule has 1 N–H and O–H groups in total. The molecule has 2 aromatic rings. The molecule has 0 aromatic heterocycles. The zero-order valence-corrected chi connectivity index (χ0v) is 12.6. The summed E-state index contributed by atoms with van der Waals surface area (Å²) in [6.07, 6.45) is 0.546. The Kier molecular flexibility index (Phi) is 5.91. The third kappa shape index (κ3) is 4.95. The summed E-state index contributed by atoms with van der Waals surface area (Å²) in [6, 6.07) is 13.6. The van der Waals surface area contributed by atoms with Crippen LogP contribution < -0.4 is 14.8 Å². The minimum absolute atomic E-state index is 0.0143. The number of halogens is 2. The number of ether oxygens (including phenoxy) is 2. The molecule has 4 nitrogen and oxygen atoms in total. The number of carbonyl (C=O) groups is 1. The molecule has 0 heterocycles. The van der Waals surface area contributed by atoms with Gasteiger partial charge in [-0.2, -0.15) is 8.78 Å². The maximum atomic E-state index is 12.3. The van der Waals surface area contributed by atoms with Crippen molar-refractivity contribution < 1.29 is 23.0 Å². The first-order chi connectivity index (χ1) is 11.1. The van der Waals surface area contributed by atoms with Crippen molar-refractivity contribution in [3.63, 3.8) is 0 Å². The van der Waals surface area contributed by atoms with Crippen molar-refractivity contribution >= 4 is 5.91 Å². The lowest BCUT2D eigenvalue weighted by Gasteiger charge is -2.11. The molecule has 0 atom stereocenters. The van der Waals surface area contributed by atoms with Crippen molar-refractivity contribution in [2.24, 2.45) is 0 Å². The molecule has 0 bridgehead atoms. The number of alkyl halides is 2. The van der Waals surface area contributed by atoms with Gasteiger partial charge < -0.3 is 14.8 Å². The van der Waals surface area contributed by atoms with Crippen LogP contribution in [-0.2, 0) is 6.42 Å². The maximum Gasteiger partial charge on any atom is 0.387 e. The van der Waals surface area contributed by atoms with Gasteiger partial charge in [0, 0.05) is 12.1 Å². The second-order valence-corrected chi connectivity index (χ2v) is 4.74. The number of rotatable bonds is 7. The number of hydrogen-bond donors (Lipinski definition) is 1. The number of benzene rings is 2. The standard InChI is InChI=1S/C17H17F2NO3/c1-22-15-11-12(7-8-14(15)23-17(18)19)9-10-20-16(21)13-5-3-2-4-6-13/h2-8,11,17H,9-10H2,1H3,(H,20,21). The smallest absolute Gasteiger partial charge is 0.387 e. The number of amides is 1. The lowest BCUT2D eigenvalue weighted by atomic mass is 10.1. The van der Waals surface area contributed by atoms with Gasteiger partial charge >= 0.3 is 6.61 Å². The highest BCUT2D eigenvalue weighted by Gasteiger charge is 2.11. The molecule has 0 spiro atoms. The Labute approximate surface area is 133 Å². The van der Waals surface area contributed by atoms with Crippen LogP contribution in [0.3, 0.4) is 0 Å². The molecule has 0 aliphatic rings. The topological polar surface area (TPSA) is 47.6 Å². The van der Waals surface area contributed by atoms with E-state index in [1.54, 1.807) is 36.4 Å². The Bertz CT molecular complexity index is 648. The lowest BCUT2D eigenvalue weighted by molar-refractivity contribution is -0.0512. The average Bonchev–Trinajstić information content (AvgIpc) is 2.56. The quantitative estimate of drug-likeness (QED) is 0.851. The van der Waals surface area contributed by atoms with E-state index in [9.17, 15) is 13.6 Å². The van der Waals surface area contributed by atoms with E-state index in [0.29, 0.717) is 18.5 Å². The summed E-state index contributed by atoms with van der Waals surface area (Å²) in [5.41, 5.74) is 1.43. The molecule has 0 unspecified atom stereocenters. The van der Waals surface area contributed by atoms with E-state index in [1.165, 1.54) is 13.2 Å². The summed E-state index contributed by atoms with van der Waals surface area (Å²) < 4.78 is 33.9. The fourth-order valence-electron chi connectivity index (χ4n) is 2.07. The van der Waals surface area contributed by atoms with Crippen molar-refractivity contribution in [2.75, 3.05) is 13.7 Å². The summed E-state index contributed by atoms with van der Waals surface area (Å²) in [4.78, 5) is 11.9. The second-order valence-electron chi connectivity index (χ2n) is 4.74. The fourth-order valence-corrected chi connectivity index (χ4v) is 2.07. The summed E-state index contributed by atoms with van der Waals surface area (Å²) in [5.74, 6) is 0.0620. The van der Waals surface area contributed by atoms with Crippen molar-refractivity contribution in [3.05, 3.63) is 59.7 Å². The molecular weight excluding hydrogens is 304 g/mol. The summed E-state index contributed by atoms with van der Waals surface area (Å²) in [6.45, 7) is -2.48. The molecule has 1 amide bonds. The third-order valence-electron chi connectivity index (χ3n) is 3.18. The van der Waals surface area contributed by atoms with E-state index < -0.39 is 6.61 Å². The van der Waals surface area contributed by atoms with E-state index in [4.69, 9.17) is 4.74 Å². The highest BCUT2D eigenvalue weighted by atomic mass is 19.3. The highest BCUT2D eigenvalue weighted by molar-refractivity contribution is 5.94. The van der Waals surface area contributed by atoms with Crippen molar-refractivity contribution in [1.29, 1.82) is 0 Å². The molecule has 6 heteroatoms. The molecule has 0 aliphatic carbocycles. The fraction of sp³-hybridized carbons (Fsp3) is 0.235. The Morgan fingerprint density at radius 3 is 2.52 bits per heavy atom. The highest BCUT2D eigenvalue weighted by Crippen LogP contribution is 2.29. The first-order valence-electron chi connectivity index (χ1n) is 7.05. The van der Waals surface area contributed by atoms with Gasteiger partial charge in [-0.3, -0.25) is 4.79 Å². The van der Waals surface area contributed by atoms with Gasteiger partial charge in [0.05, 0.1) is 7.11 Å². The van der Waals surface area contributed by atoms with Gasteiger partial charge in [-0.05, 0) is 36.2 Å². The van der Waals surface area contributed by atoms with Gasteiger partial charge in [-0.15, -0.1) is 0 Å². The van der Waals surface area contributed by atoms with Crippen LogP contribution in [0.25, 0.3) is 0 Å². The SMILES string of the molecule is COc1cc(CCNC(=O)c2ccccc2)ccc1OC(F)F. The summed E-state index contributed by atoms with van der Waals surface area (Å²) >= 11 is 0. The molecule has 122 valence electrons. The Balaban J connectivity index is 1.92. The van der Waals surface area contributed by atoms with Crippen molar-refractivity contribution in [3.8, 4) is 11.5 Å². The molecular formula is C17H17F2NO3. The number of nitrogens with one attached hydrogen (secondary N) is 1. The lowest BCUT2D eigenvalue weighted by Crippen LogP contribution is -2.25. The number of methoxy groups -OCH3 is 1. The monoisotopic (exact) mass is 321 g/mol. The van der Waals surface area contributed by atoms with Gasteiger partial charge in [0.1, 0.15) is 0 Å².